The van der Waals surface area contributed by atoms with Crippen LogP contribution in [0.1, 0.15) is 41.5 Å². The van der Waals surface area contributed by atoms with Gasteiger partial charge in [-0.15, -0.1) is 24.0 Å². The third-order valence-corrected chi connectivity index (χ3v) is 3.61. The largest absolute Gasteiger partial charge is 0.464 e. The number of furan rings is 1. The molecule has 0 bridgehead atoms. The number of rotatable bonds is 5. The lowest BCUT2D eigenvalue weighted by Crippen LogP contribution is -2.39. The van der Waals surface area contributed by atoms with E-state index in [-0.39, 0.29) is 30.0 Å². The summed E-state index contributed by atoms with van der Waals surface area (Å²) in [5.41, 5.74) is 2.10. The van der Waals surface area contributed by atoms with E-state index < -0.39 is 0 Å². The van der Waals surface area contributed by atoms with E-state index in [1.807, 2.05) is 39.8 Å². The highest BCUT2D eigenvalue weighted by atomic mass is 127. The second kappa shape index (κ2) is 8.95. The van der Waals surface area contributed by atoms with Gasteiger partial charge in [0.1, 0.15) is 17.3 Å². The fourth-order valence-electron chi connectivity index (χ4n) is 2.32. The van der Waals surface area contributed by atoms with Gasteiger partial charge < -0.3 is 19.6 Å². The predicted molar refractivity (Wildman–Crippen MR) is 101 cm³/mol. The Morgan fingerprint density at radius 2 is 2.04 bits per heavy atom. The standard InChI is InChI=1S/C16H24N4O2.HI/c1-10-6-7-15(21-10)12(3)19-16(17-5)18-9-8-14-11(2)20-22-13(14)4;/h6-7,12H,8-9H2,1-5H3,(H2,17,18,19);1H. The minimum atomic E-state index is 0. The average Bonchev–Trinajstić information content (AvgIpc) is 3.06. The zero-order valence-corrected chi connectivity index (χ0v) is 16.6. The summed E-state index contributed by atoms with van der Waals surface area (Å²) < 4.78 is 10.8. The van der Waals surface area contributed by atoms with Gasteiger partial charge in [-0.05, 0) is 46.2 Å². The van der Waals surface area contributed by atoms with Gasteiger partial charge >= 0.3 is 0 Å². The van der Waals surface area contributed by atoms with Crippen LogP contribution in [0.5, 0.6) is 0 Å². The summed E-state index contributed by atoms with van der Waals surface area (Å²) in [6.07, 6.45) is 0.843. The Labute approximate surface area is 154 Å². The number of guanidine groups is 1. The molecule has 0 aliphatic heterocycles. The van der Waals surface area contributed by atoms with E-state index in [2.05, 4.69) is 20.8 Å². The molecule has 1 unspecified atom stereocenters. The molecular formula is C16H25IN4O2. The molecule has 2 rings (SSSR count). The smallest absolute Gasteiger partial charge is 0.191 e. The molecule has 0 saturated heterocycles. The quantitative estimate of drug-likeness (QED) is 0.431. The number of nitrogens with zero attached hydrogens (tertiary/aromatic N) is 2. The van der Waals surface area contributed by atoms with Crippen molar-refractivity contribution in [2.75, 3.05) is 13.6 Å². The van der Waals surface area contributed by atoms with Crippen molar-refractivity contribution in [2.45, 2.75) is 40.2 Å². The van der Waals surface area contributed by atoms with Gasteiger partial charge in [-0.2, -0.15) is 0 Å². The zero-order chi connectivity index (χ0) is 16.1. The van der Waals surface area contributed by atoms with Gasteiger partial charge in [-0.3, -0.25) is 4.99 Å². The highest BCUT2D eigenvalue weighted by Crippen LogP contribution is 2.15. The molecule has 0 fully saturated rings. The van der Waals surface area contributed by atoms with Crippen molar-refractivity contribution in [2.24, 2.45) is 4.99 Å². The van der Waals surface area contributed by atoms with Crippen molar-refractivity contribution in [3.8, 4) is 0 Å². The number of nitrogens with one attached hydrogen (secondary N) is 2. The van der Waals surface area contributed by atoms with Crippen LogP contribution in [0.2, 0.25) is 0 Å². The summed E-state index contributed by atoms with van der Waals surface area (Å²) in [6.45, 7) is 8.63. The van der Waals surface area contributed by atoms with Gasteiger partial charge in [0, 0.05) is 19.2 Å². The first-order valence-corrected chi connectivity index (χ1v) is 7.46. The van der Waals surface area contributed by atoms with Gasteiger partial charge in [0.05, 0.1) is 11.7 Å². The van der Waals surface area contributed by atoms with Crippen LogP contribution in [0.3, 0.4) is 0 Å². The number of aliphatic imine (C=N–C) groups is 1. The summed E-state index contributed by atoms with van der Waals surface area (Å²) >= 11 is 0. The van der Waals surface area contributed by atoms with E-state index in [0.717, 1.165) is 47.5 Å². The monoisotopic (exact) mass is 432 g/mol. The van der Waals surface area contributed by atoms with Gasteiger partial charge in [-0.1, -0.05) is 5.16 Å². The summed E-state index contributed by atoms with van der Waals surface area (Å²) in [5.74, 6) is 3.42. The molecule has 0 spiro atoms. The van der Waals surface area contributed by atoms with Crippen LogP contribution in [-0.2, 0) is 6.42 Å². The average molecular weight is 432 g/mol. The van der Waals surface area contributed by atoms with Crippen molar-refractivity contribution in [1.29, 1.82) is 0 Å². The molecule has 0 aliphatic carbocycles. The minimum Gasteiger partial charge on any atom is -0.464 e. The van der Waals surface area contributed by atoms with Gasteiger partial charge in [-0.25, -0.2) is 0 Å². The van der Waals surface area contributed by atoms with Crippen LogP contribution in [0.25, 0.3) is 0 Å². The lowest BCUT2D eigenvalue weighted by atomic mass is 10.1. The number of aromatic nitrogens is 1. The van der Waals surface area contributed by atoms with Crippen LogP contribution in [0.15, 0.2) is 26.1 Å². The highest BCUT2D eigenvalue weighted by molar-refractivity contribution is 14.0. The molecule has 2 aromatic rings. The fraction of sp³-hybridized carbons (Fsp3) is 0.500. The Bertz CT molecular complexity index is 629. The first-order chi connectivity index (χ1) is 10.5. The predicted octanol–water partition coefficient (Wildman–Crippen LogP) is 3.28. The minimum absolute atomic E-state index is 0. The van der Waals surface area contributed by atoms with Gasteiger partial charge in [0.15, 0.2) is 5.96 Å². The molecule has 0 aromatic carbocycles. The number of halogens is 1. The SMILES string of the molecule is CN=C(NCCc1c(C)noc1C)NC(C)c1ccc(C)o1.I. The molecule has 6 nitrogen and oxygen atoms in total. The molecule has 0 amide bonds. The van der Waals surface area contributed by atoms with E-state index >= 15 is 0 Å². The van der Waals surface area contributed by atoms with E-state index in [4.69, 9.17) is 8.94 Å². The first-order valence-electron chi connectivity index (χ1n) is 7.46. The Kier molecular flexibility index (Phi) is 7.60. The Balaban J connectivity index is 0.00000264. The molecule has 2 aromatic heterocycles. The van der Waals surface area contributed by atoms with Crippen LogP contribution in [0.4, 0.5) is 0 Å². The molecule has 0 saturated carbocycles. The van der Waals surface area contributed by atoms with E-state index in [1.54, 1.807) is 7.05 Å². The number of hydrogen-bond donors (Lipinski definition) is 2. The molecule has 7 heteroatoms. The van der Waals surface area contributed by atoms with Crippen LogP contribution in [0, 0.1) is 20.8 Å². The summed E-state index contributed by atoms with van der Waals surface area (Å²) in [5, 5.41) is 10.6. The lowest BCUT2D eigenvalue weighted by Gasteiger charge is -2.16. The number of aryl methyl sites for hydroxylation is 3. The lowest BCUT2D eigenvalue weighted by molar-refractivity contribution is 0.392. The second-order valence-corrected chi connectivity index (χ2v) is 5.37. The maximum absolute atomic E-state index is 5.62. The van der Waals surface area contributed by atoms with Crippen LogP contribution < -0.4 is 10.6 Å². The van der Waals surface area contributed by atoms with Crippen molar-refractivity contribution < 1.29 is 8.94 Å². The van der Waals surface area contributed by atoms with E-state index in [0.29, 0.717) is 0 Å². The third kappa shape index (κ3) is 5.26. The third-order valence-electron chi connectivity index (χ3n) is 3.61. The molecule has 128 valence electrons. The Morgan fingerprint density at radius 1 is 1.30 bits per heavy atom. The van der Waals surface area contributed by atoms with E-state index in [9.17, 15) is 0 Å². The highest BCUT2D eigenvalue weighted by Gasteiger charge is 2.12. The normalized spacial score (nSPS) is 12.7. The zero-order valence-electron chi connectivity index (χ0n) is 14.3. The fourth-order valence-corrected chi connectivity index (χ4v) is 2.32. The maximum Gasteiger partial charge on any atom is 0.191 e. The second-order valence-electron chi connectivity index (χ2n) is 5.37. The first kappa shape index (κ1) is 19.5. The van der Waals surface area contributed by atoms with Crippen molar-refractivity contribution in [1.82, 2.24) is 15.8 Å². The van der Waals surface area contributed by atoms with Crippen molar-refractivity contribution >= 4 is 29.9 Å². The van der Waals surface area contributed by atoms with Gasteiger partial charge in [0.2, 0.25) is 0 Å². The summed E-state index contributed by atoms with van der Waals surface area (Å²) in [4.78, 5) is 4.24. The molecule has 2 N–H and O–H groups in total. The van der Waals surface area contributed by atoms with Crippen molar-refractivity contribution in [3.63, 3.8) is 0 Å². The van der Waals surface area contributed by atoms with Crippen LogP contribution >= 0.6 is 24.0 Å². The van der Waals surface area contributed by atoms with Crippen molar-refractivity contribution in [3.05, 3.63) is 40.7 Å². The topological polar surface area (TPSA) is 75.6 Å². The molecule has 1 atom stereocenters. The Morgan fingerprint density at radius 3 is 2.57 bits per heavy atom. The van der Waals surface area contributed by atoms with Gasteiger partial charge in [0.25, 0.3) is 0 Å². The summed E-state index contributed by atoms with van der Waals surface area (Å²) in [6, 6.07) is 3.99. The van der Waals surface area contributed by atoms with Crippen LogP contribution in [-0.4, -0.2) is 24.7 Å². The molecule has 2 heterocycles. The molecular weight excluding hydrogens is 407 g/mol. The van der Waals surface area contributed by atoms with E-state index in [1.165, 1.54) is 0 Å². The molecule has 23 heavy (non-hydrogen) atoms. The summed E-state index contributed by atoms with van der Waals surface area (Å²) in [7, 11) is 1.76. The molecule has 0 aliphatic rings. The number of hydrogen-bond acceptors (Lipinski definition) is 4. The maximum atomic E-state index is 5.62. The Hall–Kier alpha value is -1.51. The molecule has 0 radical (unpaired) electrons.